The van der Waals surface area contributed by atoms with Crippen molar-refractivity contribution < 1.29 is 14.3 Å². The highest BCUT2D eigenvalue weighted by molar-refractivity contribution is 5.81. The number of nitrogens with one attached hydrogen (secondary N) is 1. The van der Waals surface area contributed by atoms with Crippen molar-refractivity contribution in [1.29, 1.82) is 0 Å². The molecule has 0 saturated heterocycles. The summed E-state index contributed by atoms with van der Waals surface area (Å²) >= 11 is 0. The van der Waals surface area contributed by atoms with Crippen molar-refractivity contribution in [2.24, 2.45) is 0 Å². The second-order valence-electron chi connectivity index (χ2n) is 7.03. The van der Waals surface area contributed by atoms with Crippen molar-refractivity contribution in [2.75, 3.05) is 31.6 Å². The van der Waals surface area contributed by atoms with Crippen molar-refractivity contribution >= 4 is 23.3 Å². The minimum atomic E-state index is -0.485. The molecule has 0 fully saturated rings. The number of nitrogens with zero attached hydrogens (tertiary/aromatic N) is 5. The molecule has 3 aromatic rings. The molecule has 0 unspecified atom stereocenters. The highest BCUT2D eigenvalue weighted by atomic mass is 16.5. The van der Waals surface area contributed by atoms with Crippen molar-refractivity contribution in [3.05, 3.63) is 53.6 Å². The molecule has 1 N–H and O–H groups in total. The third-order valence-corrected chi connectivity index (χ3v) is 4.86. The Balaban J connectivity index is 1.39. The van der Waals surface area contributed by atoms with Crippen molar-refractivity contribution in [3.8, 4) is 0 Å². The lowest BCUT2D eigenvalue weighted by Gasteiger charge is -2.19. The van der Waals surface area contributed by atoms with Crippen LogP contribution >= 0.6 is 0 Å². The SMILES string of the molecule is Cc1nc2ncnn2c(C)c1CC(=O)OCC(=O)NCCCN(C)c1ccccc1. The lowest BCUT2D eigenvalue weighted by molar-refractivity contribution is -0.147. The van der Waals surface area contributed by atoms with Gasteiger partial charge in [0, 0.05) is 42.8 Å². The average Bonchev–Trinajstić information content (AvgIpc) is 3.21. The Labute approximate surface area is 175 Å². The number of hydrogen-bond donors (Lipinski definition) is 1. The van der Waals surface area contributed by atoms with Crippen LogP contribution in [0.2, 0.25) is 0 Å². The Morgan fingerprint density at radius 2 is 1.97 bits per heavy atom. The molecule has 0 aliphatic carbocycles. The maximum absolute atomic E-state index is 12.2. The molecule has 2 aromatic heterocycles. The van der Waals surface area contributed by atoms with Gasteiger partial charge in [0.1, 0.15) is 6.33 Å². The summed E-state index contributed by atoms with van der Waals surface area (Å²) in [6, 6.07) is 10.0. The van der Waals surface area contributed by atoms with E-state index in [-0.39, 0.29) is 18.9 Å². The minimum Gasteiger partial charge on any atom is -0.455 e. The molecule has 0 aliphatic heterocycles. The number of amides is 1. The Bertz CT molecular complexity index is 1020. The predicted octanol–water partition coefficient (Wildman–Crippen LogP) is 1.47. The van der Waals surface area contributed by atoms with E-state index in [0.29, 0.717) is 18.0 Å². The molecule has 0 spiro atoms. The quantitative estimate of drug-likeness (QED) is 0.421. The van der Waals surface area contributed by atoms with E-state index in [9.17, 15) is 9.59 Å². The summed E-state index contributed by atoms with van der Waals surface area (Å²) in [6.45, 7) is 4.67. The number of rotatable bonds is 9. The van der Waals surface area contributed by atoms with Gasteiger partial charge in [-0.1, -0.05) is 18.2 Å². The fourth-order valence-electron chi connectivity index (χ4n) is 3.16. The smallest absolute Gasteiger partial charge is 0.310 e. The average molecular weight is 410 g/mol. The Kier molecular flexibility index (Phi) is 6.95. The van der Waals surface area contributed by atoms with Gasteiger partial charge in [-0.15, -0.1) is 0 Å². The number of aryl methyl sites for hydroxylation is 2. The van der Waals surface area contributed by atoms with Crippen LogP contribution in [-0.4, -0.2) is 58.2 Å². The van der Waals surface area contributed by atoms with E-state index in [4.69, 9.17) is 4.74 Å². The highest BCUT2D eigenvalue weighted by Crippen LogP contribution is 2.14. The van der Waals surface area contributed by atoms with Gasteiger partial charge in [0.05, 0.1) is 6.42 Å². The first-order valence-corrected chi connectivity index (χ1v) is 9.80. The molecule has 9 nitrogen and oxygen atoms in total. The summed E-state index contributed by atoms with van der Waals surface area (Å²) in [4.78, 5) is 34.6. The standard InChI is InChI=1S/C21H26N6O3/c1-15-18(16(2)27-21(25-15)23-14-24-27)12-20(29)30-13-19(28)22-10-7-11-26(3)17-8-5-4-6-9-17/h4-6,8-9,14H,7,10-13H2,1-3H3,(H,22,28). The summed E-state index contributed by atoms with van der Waals surface area (Å²) < 4.78 is 6.70. The van der Waals surface area contributed by atoms with Gasteiger partial charge >= 0.3 is 5.97 Å². The van der Waals surface area contributed by atoms with E-state index in [1.807, 2.05) is 51.2 Å². The molecule has 3 rings (SSSR count). The summed E-state index contributed by atoms with van der Waals surface area (Å²) in [6.07, 6.45) is 2.22. The van der Waals surface area contributed by atoms with Crippen LogP contribution in [0.15, 0.2) is 36.7 Å². The van der Waals surface area contributed by atoms with E-state index < -0.39 is 5.97 Å². The van der Waals surface area contributed by atoms with Gasteiger partial charge in [-0.2, -0.15) is 10.1 Å². The molecule has 0 bridgehead atoms. The van der Waals surface area contributed by atoms with E-state index in [0.717, 1.165) is 29.9 Å². The van der Waals surface area contributed by atoms with E-state index in [1.165, 1.54) is 6.33 Å². The van der Waals surface area contributed by atoms with Gasteiger partial charge in [-0.3, -0.25) is 9.59 Å². The highest BCUT2D eigenvalue weighted by Gasteiger charge is 2.16. The number of benzene rings is 1. The molecular weight excluding hydrogens is 384 g/mol. The maximum Gasteiger partial charge on any atom is 0.310 e. The number of carbonyl (C=O) groups excluding carboxylic acids is 2. The maximum atomic E-state index is 12.2. The van der Waals surface area contributed by atoms with Crippen LogP contribution in [-0.2, 0) is 20.7 Å². The number of aromatic nitrogens is 4. The van der Waals surface area contributed by atoms with Crippen LogP contribution in [0.5, 0.6) is 0 Å². The molecular formula is C21H26N6O3. The zero-order valence-electron chi connectivity index (χ0n) is 17.5. The lowest BCUT2D eigenvalue weighted by atomic mass is 10.1. The zero-order chi connectivity index (χ0) is 21.5. The van der Waals surface area contributed by atoms with E-state index in [1.54, 1.807) is 4.52 Å². The number of hydrogen-bond acceptors (Lipinski definition) is 7. The Hall–Kier alpha value is -3.49. The molecule has 0 atom stereocenters. The van der Waals surface area contributed by atoms with Crippen molar-refractivity contribution in [2.45, 2.75) is 26.7 Å². The first-order chi connectivity index (χ1) is 14.5. The molecule has 2 heterocycles. The number of esters is 1. The molecule has 0 radical (unpaired) electrons. The van der Waals surface area contributed by atoms with Crippen LogP contribution in [0, 0.1) is 13.8 Å². The number of anilines is 1. The Morgan fingerprint density at radius 1 is 1.20 bits per heavy atom. The second-order valence-corrected chi connectivity index (χ2v) is 7.03. The second kappa shape index (κ2) is 9.82. The predicted molar refractivity (Wildman–Crippen MR) is 112 cm³/mol. The van der Waals surface area contributed by atoms with Crippen LogP contribution < -0.4 is 10.2 Å². The van der Waals surface area contributed by atoms with Crippen LogP contribution in [0.3, 0.4) is 0 Å². The summed E-state index contributed by atoms with van der Waals surface area (Å²) in [5.41, 5.74) is 3.32. The van der Waals surface area contributed by atoms with E-state index in [2.05, 4.69) is 25.3 Å². The first kappa shape index (κ1) is 21.2. The molecule has 0 saturated carbocycles. The van der Waals surface area contributed by atoms with Crippen molar-refractivity contribution in [1.82, 2.24) is 24.9 Å². The molecule has 30 heavy (non-hydrogen) atoms. The third kappa shape index (κ3) is 5.31. The van der Waals surface area contributed by atoms with E-state index >= 15 is 0 Å². The molecule has 158 valence electrons. The number of para-hydroxylation sites is 1. The summed E-state index contributed by atoms with van der Waals surface area (Å²) in [5, 5.41) is 6.87. The Morgan fingerprint density at radius 3 is 2.73 bits per heavy atom. The topological polar surface area (TPSA) is 102 Å². The van der Waals surface area contributed by atoms with Gasteiger partial charge in [-0.05, 0) is 32.4 Å². The largest absolute Gasteiger partial charge is 0.455 e. The lowest BCUT2D eigenvalue weighted by Crippen LogP contribution is -2.32. The normalized spacial score (nSPS) is 10.8. The zero-order valence-corrected chi connectivity index (χ0v) is 17.5. The fourth-order valence-corrected chi connectivity index (χ4v) is 3.16. The van der Waals surface area contributed by atoms with Gasteiger partial charge in [0.15, 0.2) is 6.61 Å². The number of fused-ring (bicyclic) bond motifs is 1. The van der Waals surface area contributed by atoms with Gasteiger partial charge in [0.2, 0.25) is 0 Å². The van der Waals surface area contributed by atoms with Gasteiger partial charge in [0.25, 0.3) is 11.7 Å². The van der Waals surface area contributed by atoms with Crippen LogP contribution in [0.25, 0.3) is 5.78 Å². The summed E-state index contributed by atoms with van der Waals surface area (Å²) in [5.74, 6) is -0.315. The molecule has 1 amide bonds. The summed E-state index contributed by atoms with van der Waals surface area (Å²) in [7, 11) is 2.01. The molecule has 9 heteroatoms. The molecule has 1 aromatic carbocycles. The minimum absolute atomic E-state index is 0.0234. The van der Waals surface area contributed by atoms with Crippen molar-refractivity contribution in [3.63, 3.8) is 0 Å². The van der Waals surface area contributed by atoms with Gasteiger partial charge < -0.3 is 15.0 Å². The number of carbonyl (C=O) groups is 2. The molecule has 0 aliphatic rings. The number of ether oxygens (including phenoxy) is 1. The third-order valence-electron chi connectivity index (χ3n) is 4.86. The van der Waals surface area contributed by atoms with Crippen LogP contribution in [0.4, 0.5) is 5.69 Å². The fraction of sp³-hybridized carbons (Fsp3) is 0.381. The van der Waals surface area contributed by atoms with Gasteiger partial charge in [-0.25, -0.2) is 9.50 Å². The first-order valence-electron chi connectivity index (χ1n) is 9.80. The monoisotopic (exact) mass is 410 g/mol. The van der Waals surface area contributed by atoms with Crippen LogP contribution in [0.1, 0.15) is 23.4 Å².